The third kappa shape index (κ3) is 1.16. The van der Waals surface area contributed by atoms with Gasteiger partial charge in [-0.1, -0.05) is 0 Å². The van der Waals surface area contributed by atoms with Crippen molar-refractivity contribution >= 4 is 15.7 Å². The van der Waals surface area contributed by atoms with E-state index in [0.29, 0.717) is 11.3 Å². The monoisotopic (exact) mass is 199 g/mol. The standard InChI is InChI=1S/C8H6FNO2S/c1-5-7-4-6(9)2-3-8(7)13(11,12)10-5/h2-4H,1H3. The van der Waals surface area contributed by atoms with Crippen molar-refractivity contribution in [1.29, 1.82) is 0 Å². The van der Waals surface area contributed by atoms with Crippen molar-refractivity contribution < 1.29 is 12.8 Å². The van der Waals surface area contributed by atoms with Crippen LogP contribution < -0.4 is 0 Å². The lowest BCUT2D eigenvalue weighted by Gasteiger charge is -1.96. The SMILES string of the molecule is CC1=NS(=O)(=O)c2ccc(F)cc21. The lowest BCUT2D eigenvalue weighted by atomic mass is 10.1. The van der Waals surface area contributed by atoms with Crippen molar-refractivity contribution in [2.45, 2.75) is 11.8 Å². The first kappa shape index (κ1) is 8.37. The summed E-state index contributed by atoms with van der Waals surface area (Å²) in [6.07, 6.45) is 0. The second-order valence-electron chi connectivity index (χ2n) is 2.79. The summed E-state index contributed by atoms with van der Waals surface area (Å²) in [6, 6.07) is 3.53. The Kier molecular flexibility index (Phi) is 1.53. The summed E-state index contributed by atoms with van der Waals surface area (Å²) in [4.78, 5) is 0.0893. The zero-order chi connectivity index (χ0) is 9.64. The van der Waals surface area contributed by atoms with E-state index in [-0.39, 0.29) is 4.90 Å². The molecular formula is C8H6FNO2S. The summed E-state index contributed by atoms with van der Waals surface area (Å²) in [5.74, 6) is -0.453. The molecule has 0 saturated heterocycles. The van der Waals surface area contributed by atoms with Gasteiger partial charge in [0.1, 0.15) is 5.82 Å². The summed E-state index contributed by atoms with van der Waals surface area (Å²) in [5, 5.41) is 0. The van der Waals surface area contributed by atoms with Crippen LogP contribution in [0.15, 0.2) is 27.5 Å². The lowest BCUT2D eigenvalue weighted by Crippen LogP contribution is -1.94. The molecule has 1 heterocycles. The molecule has 0 aromatic heterocycles. The van der Waals surface area contributed by atoms with E-state index < -0.39 is 15.8 Å². The Morgan fingerprint density at radius 1 is 1.38 bits per heavy atom. The topological polar surface area (TPSA) is 46.5 Å². The van der Waals surface area contributed by atoms with E-state index in [1.54, 1.807) is 6.92 Å². The van der Waals surface area contributed by atoms with Gasteiger partial charge in [0.15, 0.2) is 0 Å². The van der Waals surface area contributed by atoms with Gasteiger partial charge >= 0.3 is 0 Å². The van der Waals surface area contributed by atoms with Crippen molar-refractivity contribution in [3.05, 3.63) is 29.6 Å². The van der Waals surface area contributed by atoms with Crippen LogP contribution in [0.1, 0.15) is 12.5 Å². The Bertz CT molecular complexity index is 505. The van der Waals surface area contributed by atoms with Gasteiger partial charge in [0, 0.05) is 5.56 Å². The molecule has 0 bridgehead atoms. The third-order valence-corrected chi connectivity index (χ3v) is 3.29. The molecule has 3 nitrogen and oxygen atoms in total. The molecular weight excluding hydrogens is 193 g/mol. The number of hydrogen-bond donors (Lipinski definition) is 0. The normalized spacial score (nSPS) is 18.2. The average Bonchev–Trinajstić information content (AvgIpc) is 2.22. The van der Waals surface area contributed by atoms with Crippen LogP contribution in [-0.4, -0.2) is 14.1 Å². The van der Waals surface area contributed by atoms with Crippen molar-refractivity contribution in [3.8, 4) is 0 Å². The number of halogens is 1. The first-order chi connectivity index (χ1) is 6.00. The van der Waals surface area contributed by atoms with Gasteiger partial charge in [-0.15, -0.1) is 0 Å². The molecule has 1 aliphatic heterocycles. The van der Waals surface area contributed by atoms with Gasteiger partial charge in [0.25, 0.3) is 10.0 Å². The van der Waals surface area contributed by atoms with Crippen LogP contribution in [0, 0.1) is 5.82 Å². The van der Waals surface area contributed by atoms with Crippen LogP contribution in [0.3, 0.4) is 0 Å². The molecule has 1 aromatic carbocycles. The Labute approximate surface area is 75.0 Å². The van der Waals surface area contributed by atoms with Crippen LogP contribution >= 0.6 is 0 Å². The second-order valence-corrected chi connectivity index (χ2v) is 4.36. The van der Waals surface area contributed by atoms with Crippen molar-refractivity contribution in [2.75, 3.05) is 0 Å². The van der Waals surface area contributed by atoms with E-state index in [2.05, 4.69) is 4.40 Å². The lowest BCUT2D eigenvalue weighted by molar-refractivity contribution is 0.598. The number of hydrogen-bond acceptors (Lipinski definition) is 2. The van der Waals surface area contributed by atoms with Crippen molar-refractivity contribution in [2.24, 2.45) is 4.40 Å². The summed E-state index contributed by atoms with van der Waals surface area (Å²) < 4.78 is 38.7. The third-order valence-electron chi connectivity index (χ3n) is 1.87. The van der Waals surface area contributed by atoms with Crippen LogP contribution in [0.5, 0.6) is 0 Å². The molecule has 5 heteroatoms. The van der Waals surface area contributed by atoms with E-state index in [9.17, 15) is 12.8 Å². The number of rotatable bonds is 0. The van der Waals surface area contributed by atoms with E-state index in [1.165, 1.54) is 12.1 Å². The first-order valence-electron chi connectivity index (χ1n) is 3.62. The van der Waals surface area contributed by atoms with Gasteiger partial charge in [0.05, 0.1) is 10.6 Å². The smallest absolute Gasteiger partial charge is 0.207 e. The number of fused-ring (bicyclic) bond motifs is 1. The molecule has 0 atom stereocenters. The molecule has 0 fully saturated rings. The number of nitrogens with zero attached hydrogens (tertiary/aromatic N) is 1. The maximum absolute atomic E-state index is 12.7. The number of benzene rings is 1. The highest BCUT2D eigenvalue weighted by atomic mass is 32.2. The van der Waals surface area contributed by atoms with Gasteiger partial charge in [-0.25, -0.2) is 4.39 Å². The number of sulfonamides is 1. The zero-order valence-electron chi connectivity index (χ0n) is 6.78. The minimum atomic E-state index is -3.55. The quantitative estimate of drug-likeness (QED) is 0.633. The molecule has 13 heavy (non-hydrogen) atoms. The highest BCUT2D eigenvalue weighted by molar-refractivity contribution is 7.90. The Morgan fingerprint density at radius 2 is 2.08 bits per heavy atom. The van der Waals surface area contributed by atoms with Crippen molar-refractivity contribution in [3.63, 3.8) is 0 Å². The van der Waals surface area contributed by atoms with Gasteiger partial charge < -0.3 is 0 Å². The molecule has 0 radical (unpaired) electrons. The highest BCUT2D eigenvalue weighted by Gasteiger charge is 2.26. The van der Waals surface area contributed by atoms with Gasteiger partial charge in [-0.3, -0.25) is 0 Å². The summed E-state index contributed by atoms with van der Waals surface area (Å²) in [5.41, 5.74) is 0.703. The fraction of sp³-hybridized carbons (Fsp3) is 0.125. The van der Waals surface area contributed by atoms with Crippen LogP contribution in [-0.2, 0) is 10.0 Å². The molecule has 68 valence electrons. The van der Waals surface area contributed by atoms with Crippen molar-refractivity contribution in [1.82, 2.24) is 0 Å². The molecule has 0 saturated carbocycles. The fourth-order valence-corrected chi connectivity index (χ4v) is 2.57. The summed E-state index contributed by atoms with van der Waals surface area (Å²) in [6.45, 7) is 1.54. The molecule has 1 aliphatic rings. The van der Waals surface area contributed by atoms with E-state index in [0.717, 1.165) is 6.07 Å². The Balaban J connectivity index is 2.82. The maximum Gasteiger partial charge on any atom is 0.283 e. The molecule has 0 aliphatic carbocycles. The zero-order valence-corrected chi connectivity index (χ0v) is 7.60. The first-order valence-corrected chi connectivity index (χ1v) is 5.06. The molecule has 0 N–H and O–H groups in total. The second kappa shape index (κ2) is 2.38. The van der Waals surface area contributed by atoms with E-state index >= 15 is 0 Å². The molecule has 2 rings (SSSR count). The van der Waals surface area contributed by atoms with Crippen LogP contribution in [0.4, 0.5) is 4.39 Å². The van der Waals surface area contributed by atoms with Gasteiger partial charge in [0.2, 0.25) is 0 Å². The largest absolute Gasteiger partial charge is 0.283 e. The van der Waals surface area contributed by atoms with Gasteiger partial charge in [-0.05, 0) is 25.1 Å². The minimum Gasteiger partial charge on any atom is -0.207 e. The predicted octanol–water partition coefficient (Wildman–Crippen LogP) is 1.34. The fourth-order valence-electron chi connectivity index (χ4n) is 1.29. The maximum atomic E-state index is 12.7. The summed E-state index contributed by atoms with van der Waals surface area (Å²) >= 11 is 0. The Morgan fingerprint density at radius 3 is 2.77 bits per heavy atom. The van der Waals surface area contributed by atoms with E-state index in [1.807, 2.05) is 0 Å². The molecule has 0 unspecified atom stereocenters. The van der Waals surface area contributed by atoms with E-state index in [4.69, 9.17) is 0 Å². The minimum absolute atomic E-state index is 0.0893. The Hall–Kier alpha value is -1.23. The van der Waals surface area contributed by atoms with Gasteiger partial charge in [-0.2, -0.15) is 12.8 Å². The molecule has 0 spiro atoms. The average molecular weight is 199 g/mol. The summed E-state index contributed by atoms with van der Waals surface area (Å²) in [7, 11) is -3.55. The molecule has 0 amide bonds. The van der Waals surface area contributed by atoms with Crippen LogP contribution in [0.25, 0.3) is 0 Å². The highest BCUT2D eigenvalue weighted by Crippen LogP contribution is 2.26. The molecule has 1 aromatic rings. The van der Waals surface area contributed by atoms with Crippen LogP contribution in [0.2, 0.25) is 0 Å². The predicted molar refractivity (Wildman–Crippen MR) is 45.8 cm³/mol.